The molecule has 1 aromatic rings. The van der Waals surface area contributed by atoms with Crippen LogP contribution in [0.2, 0.25) is 0 Å². The molecule has 1 aromatic heterocycles. The van der Waals surface area contributed by atoms with Crippen LogP contribution in [0.3, 0.4) is 0 Å². The second-order valence-corrected chi connectivity index (χ2v) is 7.58. The van der Waals surface area contributed by atoms with Crippen LogP contribution in [0, 0.1) is 0 Å². The summed E-state index contributed by atoms with van der Waals surface area (Å²) >= 11 is 0.699. The molecule has 1 heterocycles. The van der Waals surface area contributed by atoms with E-state index < -0.39 is 35.0 Å². The highest BCUT2D eigenvalue weighted by molar-refractivity contribution is 7.91. The van der Waals surface area contributed by atoms with Crippen molar-refractivity contribution in [1.82, 2.24) is 9.10 Å². The first kappa shape index (κ1) is 16.7. The summed E-state index contributed by atoms with van der Waals surface area (Å²) in [5.74, 6) is 0. The summed E-state index contributed by atoms with van der Waals surface area (Å²) < 4.78 is 72.8. The highest BCUT2D eigenvalue weighted by atomic mass is 32.2. The lowest BCUT2D eigenvalue weighted by Gasteiger charge is -2.24. The lowest BCUT2D eigenvalue weighted by atomic mass is 10.3. The summed E-state index contributed by atoms with van der Waals surface area (Å²) in [5, 5.41) is 0. The predicted octanol–water partition coefficient (Wildman–Crippen LogP) is 2.31. The fourth-order valence-corrected chi connectivity index (χ4v) is 3.90. The number of aromatic nitrogens is 1. The minimum atomic E-state index is -4.61. The van der Waals surface area contributed by atoms with E-state index >= 15 is 0 Å². The average molecular weight is 344 g/mol. The smallest absolute Gasteiger partial charge is 0.364 e. The minimum Gasteiger partial charge on any atom is -0.364 e. The Morgan fingerprint density at radius 1 is 1.43 bits per heavy atom. The Kier molecular flexibility index (Phi) is 5.23. The number of hydrogen-bond donors (Lipinski definition) is 1. The van der Waals surface area contributed by atoms with Gasteiger partial charge in [-0.2, -0.15) is 17.5 Å². The maximum absolute atomic E-state index is 12.9. The van der Waals surface area contributed by atoms with Crippen LogP contribution >= 0.6 is 11.5 Å². The zero-order valence-corrected chi connectivity index (χ0v) is 12.6. The third-order valence-electron chi connectivity index (χ3n) is 3.16. The van der Waals surface area contributed by atoms with Crippen molar-refractivity contribution in [2.24, 2.45) is 0 Å². The molecule has 0 spiro atoms. The Bertz CT molecular complexity index is 540. The average Bonchev–Trinajstić information content (AvgIpc) is 3.05. The van der Waals surface area contributed by atoms with Gasteiger partial charge in [-0.3, -0.25) is 0 Å². The molecule has 21 heavy (non-hydrogen) atoms. The number of hydrogen-bond acceptors (Lipinski definition) is 5. The van der Waals surface area contributed by atoms with Gasteiger partial charge in [0.1, 0.15) is 0 Å². The van der Waals surface area contributed by atoms with Crippen molar-refractivity contribution < 1.29 is 26.3 Å². The first-order valence-electron chi connectivity index (χ1n) is 6.41. The molecule has 1 saturated carbocycles. The molecule has 10 heteroatoms. The Morgan fingerprint density at radius 3 is 2.62 bits per heavy atom. The minimum absolute atomic E-state index is 0.121. The number of halogens is 3. The first-order chi connectivity index (χ1) is 9.79. The van der Waals surface area contributed by atoms with Gasteiger partial charge < -0.3 is 4.74 Å². The van der Waals surface area contributed by atoms with Crippen molar-refractivity contribution >= 4 is 21.6 Å². The molecule has 0 aromatic carbocycles. The third kappa shape index (κ3) is 4.63. The van der Waals surface area contributed by atoms with E-state index in [2.05, 4.69) is 4.37 Å². The molecular formula is C11H15F3N2O3S2. The van der Waals surface area contributed by atoms with Crippen molar-refractivity contribution in [3.05, 3.63) is 12.3 Å². The SMILES string of the molecule is O=S(=O)(NCC(OC1CCCC1)C(F)(F)F)c1ccns1. The van der Waals surface area contributed by atoms with Crippen LogP contribution in [-0.2, 0) is 14.8 Å². The van der Waals surface area contributed by atoms with Gasteiger partial charge in [0.25, 0.3) is 10.0 Å². The second-order valence-electron chi connectivity index (χ2n) is 4.76. The maximum atomic E-state index is 12.9. The molecule has 1 atom stereocenters. The number of nitrogens with zero attached hydrogens (tertiary/aromatic N) is 1. The molecule has 1 fully saturated rings. The van der Waals surface area contributed by atoms with Gasteiger partial charge in [0, 0.05) is 12.7 Å². The van der Waals surface area contributed by atoms with Crippen molar-refractivity contribution in [1.29, 1.82) is 0 Å². The Hall–Kier alpha value is -0.710. The van der Waals surface area contributed by atoms with Crippen molar-refractivity contribution in [3.8, 4) is 0 Å². The zero-order valence-electron chi connectivity index (χ0n) is 11.0. The quantitative estimate of drug-likeness (QED) is 0.860. The van der Waals surface area contributed by atoms with E-state index in [1.54, 1.807) is 0 Å². The van der Waals surface area contributed by atoms with Crippen LogP contribution in [-0.4, -0.2) is 37.7 Å². The molecule has 1 aliphatic rings. The monoisotopic (exact) mass is 344 g/mol. The van der Waals surface area contributed by atoms with E-state index in [-0.39, 0.29) is 4.21 Å². The largest absolute Gasteiger partial charge is 0.415 e. The number of ether oxygens (including phenoxy) is 1. The van der Waals surface area contributed by atoms with Gasteiger partial charge in [-0.1, -0.05) is 12.8 Å². The standard InChI is InChI=1S/C11H15F3N2O3S2/c12-11(13,14)9(19-8-3-1-2-4-8)7-16-21(17,18)10-5-6-15-20-10/h5-6,8-9,16H,1-4,7H2. The summed E-state index contributed by atoms with van der Waals surface area (Å²) in [6.07, 6.45) is -3.10. The van der Waals surface area contributed by atoms with E-state index in [9.17, 15) is 21.6 Å². The molecule has 0 bridgehead atoms. The lowest BCUT2D eigenvalue weighted by Crippen LogP contribution is -2.44. The zero-order chi connectivity index (χ0) is 15.5. The number of rotatable bonds is 6. The molecule has 120 valence electrons. The van der Waals surface area contributed by atoms with Gasteiger partial charge >= 0.3 is 6.18 Å². The van der Waals surface area contributed by atoms with E-state index in [1.807, 2.05) is 4.72 Å². The Morgan fingerprint density at radius 2 is 2.10 bits per heavy atom. The molecule has 0 amide bonds. The second kappa shape index (κ2) is 6.59. The van der Waals surface area contributed by atoms with Gasteiger partial charge in [-0.25, -0.2) is 13.1 Å². The van der Waals surface area contributed by atoms with Crippen LogP contribution in [0.25, 0.3) is 0 Å². The normalized spacial score (nSPS) is 19.0. The first-order valence-corrected chi connectivity index (χ1v) is 8.67. The summed E-state index contributed by atoms with van der Waals surface area (Å²) in [7, 11) is -3.98. The number of sulfonamides is 1. The molecule has 1 N–H and O–H groups in total. The molecule has 1 aliphatic carbocycles. The Labute approximate surface area is 124 Å². The van der Waals surface area contributed by atoms with Crippen LogP contribution < -0.4 is 4.72 Å². The molecule has 0 aliphatic heterocycles. The molecule has 2 rings (SSSR count). The van der Waals surface area contributed by atoms with E-state index in [1.165, 1.54) is 12.3 Å². The van der Waals surface area contributed by atoms with Gasteiger partial charge in [0.2, 0.25) is 0 Å². The number of alkyl halides is 3. The topological polar surface area (TPSA) is 68.3 Å². The number of nitrogens with one attached hydrogen (secondary N) is 1. The van der Waals surface area contributed by atoms with E-state index in [0.717, 1.165) is 12.8 Å². The molecular weight excluding hydrogens is 329 g/mol. The molecule has 0 saturated heterocycles. The van der Waals surface area contributed by atoms with Gasteiger partial charge in [-0.05, 0) is 30.4 Å². The fraction of sp³-hybridized carbons (Fsp3) is 0.727. The summed E-state index contributed by atoms with van der Waals surface area (Å²) in [5.41, 5.74) is 0. The van der Waals surface area contributed by atoms with E-state index in [0.29, 0.717) is 24.4 Å². The van der Waals surface area contributed by atoms with Gasteiger partial charge in [0.15, 0.2) is 10.3 Å². The summed E-state index contributed by atoms with van der Waals surface area (Å²) in [6.45, 7) is -0.833. The van der Waals surface area contributed by atoms with Gasteiger partial charge in [-0.15, -0.1) is 0 Å². The van der Waals surface area contributed by atoms with Crippen LogP contribution in [0.1, 0.15) is 25.7 Å². The Balaban J connectivity index is 1.99. The van der Waals surface area contributed by atoms with Gasteiger partial charge in [0.05, 0.1) is 6.10 Å². The highest BCUT2D eigenvalue weighted by Crippen LogP contribution is 2.29. The van der Waals surface area contributed by atoms with Crippen molar-refractivity contribution in [2.75, 3.05) is 6.54 Å². The predicted molar refractivity (Wildman–Crippen MR) is 70.5 cm³/mol. The summed E-state index contributed by atoms with van der Waals surface area (Å²) in [4.78, 5) is 0. The lowest BCUT2D eigenvalue weighted by molar-refractivity contribution is -0.229. The van der Waals surface area contributed by atoms with E-state index in [4.69, 9.17) is 4.74 Å². The van der Waals surface area contributed by atoms with Crippen molar-refractivity contribution in [3.63, 3.8) is 0 Å². The van der Waals surface area contributed by atoms with Crippen LogP contribution in [0.4, 0.5) is 13.2 Å². The fourth-order valence-electron chi connectivity index (χ4n) is 2.10. The molecule has 1 unspecified atom stereocenters. The van der Waals surface area contributed by atoms with Crippen molar-refractivity contribution in [2.45, 2.75) is 48.3 Å². The molecule has 5 nitrogen and oxygen atoms in total. The molecule has 0 radical (unpaired) electrons. The third-order valence-corrected chi connectivity index (χ3v) is 5.80. The van der Waals surface area contributed by atoms with Crippen LogP contribution in [0.5, 0.6) is 0 Å². The highest BCUT2D eigenvalue weighted by Gasteiger charge is 2.43. The summed E-state index contributed by atoms with van der Waals surface area (Å²) in [6, 6.07) is 1.23. The maximum Gasteiger partial charge on any atom is 0.415 e. The van der Waals surface area contributed by atoms with Crippen LogP contribution in [0.15, 0.2) is 16.5 Å².